The molecule has 5 nitrogen and oxygen atoms in total. The summed E-state index contributed by atoms with van der Waals surface area (Å²) >= 11 is 0. The Labute approximate surface area is 83.9 Å². The van der Waals surface area contributed by atoms with Crippen LogP contribution in [0.2, 0.25) is 0 Å². The molecule has 1 unspecified atom stereocenters. The van der Waals surface area contributed by atoms with Gasteiger partial charge in [-0.05, 0) is 26.4 Å². The van der Waals surface area contributed by atoms with Crippen molar-refractivity contribution < 1.29 is 0 Å². The van der Waals surface area contributed by atoms with Crippen molar-refractivity contribution in [2.24, 2.45) is 5.73 Å². The van der Waals surface area contributed by atoms with E-state index in [0.29, 0.717) is 12.6 Å². The van der Waals surface area contributed by atoms with Crippen LogP contribution in [0, 0.1) is 0 Å². The van der Waals surface area contributed by atoms with E-state index in [4.69, 9.17) is 5.73 Å². The molecule has 1 atom stereocenters. The second kappa shape index (κ2) is 4.06. The van der Waals surface area contributed by atoms with Crippen LogP contribution in [0.5, 0.6) is 0 Å². The van der Waals surface area contributed by atoms with Crippen LogP contribution in [0.25, 0.3) is 0 Å². The summed E-state index contributed by atoms with van der Waals surface area (Å²) in [4.78, 5) is 2.38. The molecule has 0 aromatic carbocycles. The summed E-state index contributed by atoms with van der Waals surface area (Å²) in [5.41, 5.74) is 6.34. The maximum Gasteiger partial charge on any atom is 0.0962 e. The summed E-state index contributed by atoms with van der Waals surface area (Å²) in [7, 11) is 2.17. The Morgan fingerprint density at radius 2 is 2.50 bits per heavy atom. The largest absolute Gasteiger partial charge is 0.325 e. The minimum atomic E-state index is 0.473. The monoisotopic (exact) mass is 195 g/mol. The molecule has 1 aliphatic rings. The zero-order chi connectivity index (χ0) is 9.97. The SMILES string of the molecule is CN1CCCC1Cn1cc(CN)nn1. The van der Waals surface area contributed by atoms with Gasteiger partial charge in [-0.2, -0.15) is 0 Å². The molecule has 2 N–H and O–H groups in total. The first-order chi connectivity index (χ1) is 6.79. The Morgan fingerprint density at radius 1 is 1.64 bits per heavy atom. The van der Waals surface area contributed by atoms with Gasteiger partial charge in [-0.1, -0.05) is 5.21 Å². The topological polar surface area (TPSA) is 60.0 Å². The highest BCUT2D eigenvalue weighted by Crippen LogP contribution is 2.15. The third-order valence-corrected chi connectivity index (χ3v) is 2.86. The van der Waals surface area contributed by atoms with Crippen LogP contribution in [-0.2, 0) is 13.1 Å². The number of nitrogens with zero attached hydrogens (tertiary/aromatic N) is 4. The van der Waals surface area contributed by atoms with Gasteiger partial charge in [0.15, 0.2) is 0 Å². The Bertz CT molecular complexity index is 295. The quantitative estimate of drug-likeness (QED) is 0.727. The fraction of sp³-hybridized carbons (Fsp3) is 0.778. The predicted molar refractivity (Wildman–Crippen MR) is 53.6 cm³/mol. The van der Waals surface area contributed by atoms with Crippen molar-refractivity contribution in [3.8, 4) is 0 Å². The summed E-state index contributed by atoms with van der Waals surface area (Å²) in [6.45, 7) is 2.60. The van der Waals surface area contributed by atoms with E-state index in [9.17, 15) is 0 Å². The molecular weight excluding hydrogens is 178 g/mol. The average Bonchev–Trinajstić information content (AvgIpc) is 2.77. The zero-order valence-electron chi connectivity index (χ0n) is 8.56. The zero-order valence-corrected chi connectivity index (χ0v) is 8.56. The lowest BCUT2D eigenvalue weighted by atomic mass is 10.2. The summed E-state index contributed by atoms with van der Waals surface area (Å²) in [5, 5.41) is 8.02. The van der Waals surface area contributed by atoms with Crippen LogP contribution in [0.1, 0.15) is 18.5 Å². The van der Waals surface area contributed by atoms with Crippen molar-refractivity contribution in [1.82, 2.24) is 19.9 Å². The smallest absolute Gasteiger partial charge is 0.0962 e. The maximum atomic E-state index is 5.47. The second-order valence-corrected chi connectivity index (χ2v) is 3.91. The first-order valence-corrected chi connectivity index (χ1v) is 5.09. The minimum absolute atomic E-state index is 0.473. The number of aromatic nitrogens is 3. The van der Waals surface area contributed by atoms with Gasteiger partial charge in [0, 0.05) is 18.8 Å². The molecule has 0 radical (unpaired) electrons. The lowest BCUT2D eigenvalue weighted by molar-refractivity contribution is 0.272. The van der Waals surface area contributed by atoms with Gasteiger partial charge < -0.3 is 10.6 Å². The first-order valence-electron chi connectivity index (χ1n) is 5.09. The van der Waals surface area contributed by atoms with Crippen molar-refractivity contribution in [2.45, 2.75) is 32.0 Å². The standard InChI is InChI=1S/C9H17N5/c1-13-4-2-3-9(13)7-14-6-8(5-10)11-12-14/h6,9H,2-5,7,10H2,1H3. The maximum absolute atomic E-state index is 5.47. The van der Waals surface area contributed by atoms with Crippen molar-refractivity contribution in [3.05, 3.63) is 11.9 Å². The van der Waals surface area contributed by atoms with Crippen LogP contribution in [0.15, 0.2) is 6.20 Å². The van der Waals surface area contributed by atoms with E-state index >= 15 is 0 Å². The second-order valence-electron chi connectivity index (χ2n) is 3.91. The van der Waals surface area contributed by atoms with Crippen LogP contribution in [0.4, 0.5) is 0 Å². The molecule has 5 heteroatoms. The fourth-order valence-electron chi connectivity index (χ4n) is 1.95. The molecule has 1 saturated heterocycles. The average molecular weight is 195 g/mol. The number of likely N-dealkylation sites (N-methyl/N-ethyl adjacent to an activating group) is 1. The van der Waals surface area contributed by atoms with Gasteiger partial charge in [-0.15, -0.1) is 5.10 Å². The van der Waals surface area contributed by atoms with Crippen molar-refractivity contribution in [3.63, 3.8) is 0 Å². The van der Waals surface area contributed by atoms with Gasteiger partial charge >= 0.3 is 0 Å². The Kier molecular flexibility index (Phi) is 2.79. The minimum Gasteiger partial charge on any atom is -0.325 e. The predicted octanol–water partition coefficient (Wildman–Crippen LogP) is -0.169. The van der Waals surface area contributed by atoms with Crippen molar-refractivity contribution >= 4 is 0 Å². The fourth-order valence-corrected chi connectivity index (χ4v) is 1.95. The molecule has 2 rings (SSSR count). The van der Waals surface area contributed by atoms with Gasteiger partial charge in [0.2, 0.25) is 0 Å². The van der Waals surface area contributed by atoms with E-state index in [1.165, 1.54) is 19.4 Å². The molecule has 1 aromatic heterocycles. The number of hydrogen-bond donors (Lipinski definition) is 1. The molecule has 1 aromatic rings. The van der Waals surface area contributed by atoms with Crippen molar-refractivity contribution in [1.29, 1.82) is 0 Å². The molecule has 0 amide bonds. The van der Waals surface area contributed by atoms with Gasteiger partial charge in [-0.25, -0.2) is 0 Å². The first kappa shape index (κ1) is 9.61. The van der Waals surface area contributed by atoms with E-state index < -0.39 is 0 Å². The molecular formula is C9H17N5. The Hall–Kier alpha value is -0.940. The van der Waals surface area contributed by atoms with Crippen molar-refractivity contribution in [2.75, 3.05) is 13.6 Å². The number of hydrogen-bond acceptors (Lipinski definition) is 4. The third-order valence-electron chi connectivity index (χ3n) is 2.86. The lowest BCUT2D eigenvalue weighted by Crippen LogP contribution is -2.29. The highest BCUT2D eigenvalue weighted by molar-refractivity contribution is 4.91. The highest BCUT2D eigenvalue weighted by atomic mass is 15.4. The van der Waals surface area contributed by atoms with Gasteiger partial charge in [0.05, 0.1) is 12.2 Å². The Morgan fingerprint density at radius 3 is 3.07 bits per heavy atom. The van der Waals surface area contributed by atoms with Crippen LogP contribution < -0.4 is 5.73 Å². The number of rotatable bonds is 3. The molecule has 1 aliphatic heterocycles. The molecule has 78 valence electrons. The molecule has 14 heavy (non-hydrogen) atoms. The van der Waals surface area contributed by atoms with Gasteiger partial charge in [0.1, 0.15) is 0 Å². The van der Waals surface area contributed by atoms with Gasteiger partial charge in [-0.3, -0.25) is 4.68 Å². The Balaban J connectivity index is 1.96. The summed E-state index contributed by atoms with van der Waals surface area (Å²) in [6.07, 6.45) is 4.49. The van der Waals surface area contributed by atoms with E-state index in [1.807, 2.05) is 10.9 Å². The van der Waals surface area contributed by atoms with E-state index in [1.54, 1.807) is 0 Å². The van der Waals surface area contributed by atoms with Crippen LogP contribution >= 0.6 is 0 Å². The summed E-state index contributed by atoms with van der Waals surface area (Å²) < 4.78 is 1.90. The molecule has 0 aliphatic carbocycles. The normalized spacial score (nSPS) is 23.1. The van der Waals surface area contributed by atoms with Crippen LogP contribution in [-0.4, -0.2) is 39.5 Å². The molecule has 0 spiro atoms. The highest BCUT2D eigenvalue weighted by Gasteiger charge is 2.21. The van der Waals surface area contributed by atoms with E-state index in [-0.39, 0.29) is 0 Å². The number of likely N-dealkylation sites (tertiary alicyclic amines) is 1. The lowest BCUT2D eigenvalue weighted by Gasteiger charge is -2.18. The summed E-state index contributed by atoms with van der Waals surface area (Å²) in [5.74, 6) is 0. The molecule has 1 fully saturated rings. The molecule has 0 saturated carbocycles. The summed E-state index contributed by atoms with van der Waals surface area (Å²) in [6, 6.07) is 0.613. The molecule has 0 bridgehead atoms. The third kappa shape index (κ3) is 1.93. The molecule has 2 heterocycles. The van der Waals surface area contributed by atoms with Gasteiger partial charge in [0.25, 0.3) is 0 Å². The van der Waals surface area contributed by atoms with E-state index in [2.05, 4.69) is 22.3 Å². The van der Waals surface area contributed by atoms with Crippen LogP contribution in [0.3, 0.4) is 0 Å². The van der Waals surface area contributed by atoms with E-state index in [0.717, 1.165) is 12.2 Å². The number of nitrogens with two attached hydrogens (primary N) is 1.